The molecule has 0 saturated carbocycles. The summed E-state index contributed by atoms with van der Waals surface area (Å²) in [4.78, 5) is 21.1. The number of hydrogen-bond acceptors (Lipinski definition) is 8. The number of hydrogen-bond donors (Lipinski definition) is 2. The highest BCUT2D eigenvalue weighted by atomic mass is 16.6. The zero-order valence-electron chi connectivity index (χ0n) is 14.5. The molecule has 1 fully saturated rings. The lowest BCUT2D eigenvalue weighted by molar-refractivity contribution is -0.384. The largest absolute Gasteiger partial charge is 0.496 e. The molecular formula is C17H21N5O4. The van der Waals surface area contributed by atoms with Crippen molar-refractivity contribution in [1.29, 1.82) is 0 Å². The third kappa shape index (κ3) is 3.83. The molecule has 0 amide bonds. The van der Waals surface area contributed by atoms with E-state index in [2.05, 4.69) is 20.2 Å². The highest BCUT2D eigenvalue weighted by Crippen LogP contribution is 2.27. The van der Waals surface area contributed by atoms with E-state index in [0.717, 1.165) is 25.2 Å². The Morgan fingerprint density at radius 3 is 3.00 bits per heavy atom. The van der Waals surface area contributed by atoms with E-state index in [1.54, 1.807) is 6.07 Å². The second-order valence-electron chi connectivity index (χ2n) is 6.04. The quantitative estimate of drug-likeness (QED) is 0.570. The number of rotatable bonds is 7. The van der Waals surface area contributed by atoms with Gasteiger partial charge in [0.25, 0.3) is 5.69 Å². The zero-order chi connectivity index (χ0) is 18.5. The minimum atomic E-state index is -0.436. The van der Waals surface area contributed by atoms with Gasteiger partial charge in [-0.05, 0) is 18.9 Å². The van der Waals surface area contributed by atoms with Crippen LogP contribution in [0.25, 0.3) is 0 Å². The summed E-state index contributed by atoms with van der Waals surface area (Å²) < 4.78 is 5.27. The Balaban J connectivity index is 1.75. The van der Waals surface area contributed by atoms with E-state index in [4.69, 9.17) is 4.74 Å². The lowest BCUT2D eigenvalue weighted by Gasteiger charge is -2.24. The zero-order valence-corrected chi connectivity index (χ0v) is 14.5. The SMILES string of the molecule is COc1ccc([N+](=O)[O-])cc1CNc1cc(N2CCCC2CO)ncn1. The molecule has 1 aromatic carbocycles. The van der Waals surface area contributed by atoms with Gasteiger partial charge in [-0.2, -0.15) is 0 Å². The number of aromatic nitrogens is 2. The van der Waals surface area contributed by atoms with Gasteiger partial charge < -0.3 is 20.1 Å². The molecule has 0 aliphatic carbocycles. The Morgan fingerprint density at radius 2 is 2.27 bits per heavy atom. The van der Waals surface area contributed by atoms with Crippen molar-refractivity contribution in [3.8, 4) is 5.75 Å². The number of anilines is 2. The molecule has 1 unspecified atom stereocenters. The van der Waals surface area contributed by atoms with Gasteiger partial charge in [0, 0.05) is 36.9 Å². The smallest absolute Gasteiger partial charge is 0.270 e. The first kappa shape index (κ1) is 17.9. The summed E-state index contributed by atoms with van der Waals surface area (Å²) >= 11 is 0. The third-order valence-corrected chi connectivity index (χ3v) is 4.47. The lowest BCUT2D eigenvalue weighted by atomic mass is 10.1. The Morgan fingerprint density at radius 1 is 1.42 bits per heavy atom. The van der Waals surface area contributed by atoms with Gasteiger partial charge in [0.05, 0.1) is 24.7 Å². The maximum absolute atomic E-state index is 11.0. The van der Waals surface area contributed by atoms with Gasteiger partial charge in [-0.1, -0.05) is 0 Å². The molecule has 2 heterocycles. The fraction of sp³-hybridized carbons (Fsp3) is 0.412. The monoisotopic (exact) mass is 359 g/mol. The van der Waals surface area contributed by atoms with Gasteiger partial charge >= 0.3 is 0 Å². The average Bonchev–Trinajstić information content (AvgIpc) is 3.15. The van der Waals surface area contributed by atoms with Crippen LogP contribution < -0.4 is 15.0 Å². The van der Waals surface area contributed by atoms with Crippen LogP contribution in [0.3, 0.4) is 0 Å². The number of nitro benzene ring substituents is 1. The molecule has 1 aliphatic heterocycles. The normalized spacial score (nSPS) is 16.5. The Kier molecular flexibility index (Phi) is 5.47. The third-order valence-electron chi connectivity index (χ3n) is 4.47. The molecule has 1 aromatic heterocycles. The van der Waals surface area contributed by atoms with Crippen LogP contribution in [0.15, 0.2) is 30.6 Å². The van der Waals surface area contributed by atoms with Crippen molar-refractivity contribution in [1.82, 2.24) is 9.97 Å². The molecule has 9 heteroatoms. The van der Waals surface area contributed by atoms with Crippen molar-refractivity contribution < 1.29 is 14.8 Å². The van der Waals surface area contributed by atoms with Gasteiger partial charge in [0.2, 0.25) is 0 Å². The molecule has 2 N–H and O–H groups in total. The molecule has 1 atom stereocenters. The van der Waals surface area contributed by atoms with Gasteiger partial charge in [-0.3, -0.25) is 10.1 Å². The van der Waals surface area contributed by atoms with E-state index in [9.17, 15) is 15.2 Å². The number of non-ortho nitro benzene ring substituents is 1. The Labute approximate surface area is 150 Å². The summed E-state index contributed by atoms with van der Waals surface area (Å²) in [7, 11) is 1.52. The van der Waals surface area contributed by atoms with Crippen molar-refractivity contribution in [2.45, 2.75) is 25.4 Å². The van der Waals surface area contributed by atoms with Crippen LogP contribution in [0.1, 0.15) is 18.4 Å². The lowest BCUT2D eigenvalue weighted by Crippen LogP contribution is -2.32. The van der Waals surface area contributed by atoms with E-state index in [0.29, 0.717) is 23.7 Å². The summed E-state index contributed by atoms with van der Waals surface area (Å²) in [5.74, 6) is 1.93. The van der Waals surface area contributed by atoms with Crippen LogP contribution in [0.4, 0.5) is 17.3 Å². The van der Waals surface area contributed by atoms with Crippen molar-refractivity contribution >= 4 is 17.3 Å². The molecular weight excluding hydrogens is 338 g/mol. The number of nitrogens with zero attached hydrogens (tertiary/aromatic N) is 4. The van der Waals surface area contributed by atoms with Crippen LogP contribution in [-0.2, 0) is 6.54 Å². The number of methoxy groups -OCH3 is 1. The van der Waals surface area contributed by atoms with E-state index >= 15 is 0 Å². The van der Waals surface area contributed by atoms with E-state index < -0.39 is 4.92 Å². The summed E-state index contributed by atoms with van der Waals surface area (Å²) in [5.41, 5.74) is 0.671. The summed E-state index contributed by atoms with van der Waals surface area (Å²) in [6.45, 7) is 1.27. The molecule has 26 heavy (non-hydrogen) atoms. The van der Waals surface area contributed by atoms with Crippen molar-refractivity contribution in [2.24, 2.45) is 0 Å². The molecule has 1 saturated heterocycles. The maximum atomic E-state index is 11.0. The number of ether oxygens (including phenoxy) is 1. The molecule has 9 nitrogen and oxygen atoms in total. The molecule has 138 valence electrons. The first-order valence-electron chi connectivity index (χ1n) is 8.37. The Bertz CT molecular complexity index is 785. The van der Waals surface area contributed by atoms with Crippen LogP contribution in [0.5, 0.6) is 5.75 Å². The van der Waals surface area contributed by atoms with Gasteiger partial charge in [0.15, 0.2) is 0 Å². The van der Waals surface area contributed by atoms with Gasteiger partial charge in [-0.15, -0.1) is 0 Å². The molecule has 0 bridgehead atoms. The van der Waals surface area contributed by atoms with Crippen LogP contribution >= 0.6 is 0 Å². The summed E-state index contributed by atoms with van der Waals surface area (Å²) in [6.07, 6.45) is 3.42. The van der Waals surface area contributed by atoms with Crippen LogP contribution in [0.2, 0.25) is 0 Å². The van der Waals surface area contributed by atoms with E-state index in [-0.39, 0.29) is 18.3 Å². The molecule has 0 radical (unpaired) electrons. The Hall–Kier alpha value is -2.94. The van der Waals surface area contributed by atoms with E-state index in [1.165, 1.54) is 25.6 Å². The van der Waals surface area contributed by atoms with Crippen molar-refractivity contribution in [3.05, 3.63) is 46.3 Å². The molecule has 2 aromatic rings. The number of benzene rings is 1. The van der Waals surface area contributed by atoms with Gasteiger partial charge in [-0.25, -0.2) is 9.97 Å². The highest BCUT2D eigenvalue weighted by Gasteiger charge is 2.25. The molecule has 0 spiro atoms. The van der Waals surface area contributed by atoms with Crippen LogP contribution in [-0.4, -0.2) is 46.3 Å². The molecule has 1 aliphatic rings. The topological polar surface area (TPSA) is 114 Å². The average molecular weight is 359 g/mol. The first-order valence-corrected chi connectivity index (χ1v) is 8.37. The minimum absolute atomic E-state index is 0.00818. The number of aliphatic hydroxyl groups is 1. The second kappa shape index (κ2) is 7.96. The summed E-state index contributed by atoms with van der Waals surface area (Å²) in [5, 5.41) is 23.6. The number of nitro groups is 1. The second-order valence-corrected chi connectivity index (χ2v) is 6.04. The predicted molar refractivity (Wildman–Crippen MR) is 96.5 cm³/mol. The minimum Gasteiger partial charge on any atom is -0.496 e. The van der Waals surface area contributed by atoms with E-state index in [1.807, 2.05) is 6.07 Å². The van der Waals surface area contributed by atoms with Crippen molar-refractivity contribution in [2.75, 3.05) is 30.5 Å². The van der Waals surface area contributed by atoms with Crippen molar-refractivity contribution in [3.63, 3.8) is 0 Å². The predicted octanol–water partition coefficient (Wildman–Crippen LogP) is 1.97. The van der Waals surface area contributed by atoms with Crippen LogP contribution in [0, 0.1) is 10.1 Å². The maximum Gasteiger partial charge on any atom is 0.270 e. The highest BCUT2D eigenvalue weighted by molar-refractivity contribution is 5.51. The fourth-order valence-corrected chi connectivity index (χ4v) is 3.13. The fourth-order valence-electron chi connectivity index (χ4n) is 3.13. The van der Waals surface area contributed by atoms with Gasteiger partial charge in [0.1, 0.15) is 23.7 Å². The standard InChI is InChI=1S/C17H21N5O4/c1-26-15-5-4-13(22(24)25)7-12(15)9-18-16-8-17(20-11-19-16)21-6-2-3-14(21)10-23/h4-5,7-8,11,14,23H,2-3,6,9-10H2,1H3,(H,18,19,20). The number of aliphatic hydroxyl groups excluding tert-OH is 1. The summed E-state index contributed by atoms with van der Waals surface area (Å²) in [6, 6.07) is 6.37. The molecule has 3 rings (SSSR count). The number of nitrogens with one attached hydrogen (secondary N) is 1. The first-order chi connectivity index (χ1) is 12.6.